The van der Waals surface area contributed by atoms with Gasteiger partial charge in [0, 0.05) is 6.42 Å². The summed E-state index contributed by atoms with van der Waals surface area (Å²) in [5.74, 6) is -0.432. The fourth-order valence-corrected chi connectivity index (χ4v) is 4.04. The van der Waals surface area contributed by atoms with Crippen molar-refractivity contribution in [3.8, 4) is 5.75 Å². The zero-order valence-electron chi connectivity index (χ0n) is 19.4. The first kappa shape index (κ1) is 25.0. The number of carboxylic acids is 2. The van der Waals surface area contributed by atoms with Crippen molar-refractivity contribution in [3.05, 3.63) is 101 Å². The molecule has 3 rings (SSSR count). The summed E-state index contributed by atoms with van der Waals surface area (Å²) < 4.78 is 5.87. The summed E-state index contributed by atoms with van der Waals surface area (Å²) in [7, 11) is 0. The first-order chi connectivity index (χ1) is 16.5. The van der Waals surface area contributed by atoms with Gasteiger partial charge in [-0.05, 0) is 72.6 Å². The van der Waals surface area contributed by atoms with E-state index in [2.05, 4.69) is 12.1 Å². The van der Waals surface area contributed by atoms with Gasteiger partial charge in [-0.1, -0.05) is 67.4 Å². The van der Waals surface area contributed by atoms with Crippen LogP contribution in [0.25, 0.3) is 0 Å². The molecule has 5 nitrogen and oxygen atoms in total. The van der Waals surface area contributed by atoms with Crippen LogP contribution in [0.5, 0.6) is 5.75 Å². The number of rotatable bonds is 14. The minimum absolute atomic E-state index is 0.199. The van der Waals surface area contributed by atoms with Gasteiger partial charge in [-0.2, -0.15) is 0 Å². The minimum Gasteiger partial charge on any atom is -0.489 e. The smallest absolute Gasteiger partial charge is 0.335 e. The molecule has 0 saturated carbocycles. The molecule has 0 heterocycles. The van der Waals surface area contributed by atoms with Crippen LogP contribution >= 0.6 is 0 Å². The van der Waals surface area contributed by atoms with Crippen LogP contribution in [0.3, 0.4) is 0 Å². The van der Waals surface area contributed by atoms with Crippen molar-refractivity contribution >= 4 is 11.9 Å². The summed E-state index contributed by atoms with van der Waals surface area (Å²) in [6.07, 6.45) is 5.46. The summed E-state index contributed by atoms with van der Waals surface area (Å²) in [4.78, 5) is 21.9. The van der Waals surface area contributed by atoms with Gasteiger partial charge in [0.1, 0.15) is 12.4 Å². The molecule has 178 valence electrons. The van der Waals surface area contributed by atoms with E-state index >= 15 is 0 Å². The van der Waals surface area contributed by atoms with E-state index < -0.39 is 11.9 Å². The third-order valence-electron chi connectivity index (χ3n) is 5.99. The Labute approximate surface area is 201 Å². The molecule has 0 aliphatic carbocycles. The predicted molar refractivity (Wildman–Crippen MR) is 132 cm³/mol. The number of carbonyl (C=O) groups is 2. The highest BCUT2D eigenvalue weighted by molar-refractivity contribution is 5.87. The molecule has 1 atom stereocenters. The number of unbranched alkanes of at least 4 members (excludes halogenated alkanes) is 1. The zero-order chi connectivity index (χ0) is 24.2. The van der Waals surface area contributed by atoms with Crippen molar-refractivity contribution in [2.24, 2.45) is 5.92 Å². The molecule has 0 fully saturated rings. The lowest BCUT2D eigenvalue weighted by Gasteiger charge is -2.17. The van der Waals surface area contributed by atoms with Crippen LogP contribution < -0.4 is 4.74 Å². The van der Waals surface area contributed by atoms with Crippen molar-refractivity contribution in [2.75, 3.05) is 0 Å². The van der Waals surface area contributed by atoms with Crippen molar-refractivity contribution in [1.29, 1.82) is 0 Å². The van der Waals surface area contributed by atoms with Gasteiger partial charge < -0.3 is 14.9 Å². The van der Waals surface area contributed by atoms with Gasteiger partial charge >= 0.3 is 11.9 Å². The number of aromatic carboxylic acids is 1. The Morgan fingerprint density at radius 2 is 1.41 bits per heavy atom. The standard InChI is InChI=1S/C29H32O5/c30-28(31)9-5-4-6-23(20-24-12-16-26(17-13-24)29(32)33)11-10-22-14-18-27(19-15-22)34-21-25-7-2-1-3-8-25/h1-3,7-8,12-19,23H,4-6,9-11,20-21H2,(H,30,31)(H,32,33). The van der Waals surface area contributed by atoms with Gasteiger partial charge in [-0.15, -0.1) is 0 Å². The van der Waals surface area contributed by atoms with E-state index in [1.807, 2.05) is 54.6 Å². The molecule has 3 aromatic carbocycles. The fraction of sp³-hybridized carbons (Fsp3) is 0.310. The fourth-order valence-electron chi connectivity index (χ4n) is 4.04. The van der Waals surface area contributed by atoms with Crippen molar-refractivity contribution in [3.63, 3.8) is 0 Å². The first-order valence-electron chi connectivity index (χ1n) is 11.8. The average Bonchev–Trinajstić information content (AvgIpc) is 2.85. The molecule has 2 N–H and O–H groups in total. The topological polar surface area (TPSA) is 83.8 Å². The summed E-state index contributed by atoms with van der Waals surface area (Å²) in [6.45, 7) is 0.541. The number of aryl methyl sites for hydroxylation is 1. The molecular weight excluding hydrogens is 428 g/mol. The highest BCUT2D eigenvalue weighted by Gasteiger charge is 2.12. The van der Waals surface area contributed by atoms with E-state index in [9.17, 15) is 9.59 Å². The lowest BCUT2D eigenvalue weighted by atomic mass is 9.88. The van der Waals surface area contributed by atoms with E-state index in [1.165, 1.54) is 5.56 Å². The number of benzene rings is 3. The predicted octanol–water partition coefficient (Wildman–Crippen LogP) is 6.40. The third-order valence-corrected chi connectivity index (χ3v) is 5.99. The Morgan fingerprint density at radius 1 is 0.735 bits per heavy atom. The Kier molecular flexibility index (Phi) is 9.71. The van der Waals surface area contributed by atoms with Crippen molar-refractivity contribution < 1.29 is 24.5 Å². The zero-order valence-corrected chi connectivity index (χ0v) is 19.4. The van der Waals surface area contributed by atoms with E-state index in [-0.39, 0.29) is 12.0 Å². The molecular formula is C29H32O5. The molecule has 34 heavy (non-hydrogen) atoms. The van der Waals surface area contributed by atoms with Gasteiger partial charge in [-0.25, -0.2) is 4.79 Å². The van der Waals surface area contributed by atoms with E-state index in [0.717, 1.165) is 49.0 Å². The normalized spacial score (nSPS) is 11.6. The second-order valence-corrected chi connectivity index (χ2v) is 8.67. The number of ether oxygens (including phenoxy) is 1. The monoisotopic (exact) mass is 460 g/mol. The van der Waals surface area contributed by atoms with Crippen molar-refractivity contribution in [2.45, 2.75) is 51.6 Å². The highest BCUT2D eigenvalue weighted by atomic mass is 16.5. The van der Waals surface area contributed by atoms with E-state index in [1.54, 1.807) is 12.1 Å². The number of hydrogen-bond donors (Lipinski definition) is 2. The Balaban J connectivity index is 1.54. The van der Waals surface area contributed by atoms with Gasteiger partial charge in [0.15, 0.2) is 0 Å². The maximum absolute atomic E-state index is 11.1. The summed E-state index contributed by atoms with van der Waals surface area (Å²) in [6, 6.07) is 25.3. The molecule has 0 aromatic heterocycles. The Bertz CT molecular complexity index is 1030. The van der Waals surface area contributed by atoms with Crippen LogP contribution in [0.4, 0.5) is 0 Å². The molecule has 0 bridgehead atoms. The van der Waals surface area contributed by atoms with Gasteiger partial charge in [0.05, 0.1) is 5.56 Å². The molecule has 0 aliphatic heterocycles. The summed E-state index contributed by atoms with van der Waals surface area (Å²) >= 11 is 0. The van der Waals surface area contributed by atoms with Crippen LogP contribution in [0.2, 0.25) is 0 Å². The maximum atomic E-state index is 11.1. The Morgan fingerprint density at radius 3 is 2.06 bits per heavy atom. The van der Waals surface area contributed by atoms with E-state index in [4.69, 9.17) is 14.9 Å². The molecule has 0 radical (unpaired) electrons. The van der Waals surface area contributed by atoms with Gasteiger partial charge in [-0.3, -0.25) is 4.79 Å². The van der Waals surface area contributed by atoms with Crippen LogP contribution in [-0.2, 0) is 24.2 Å². The number of hydrogen-bond acceptors (Lipinski definition) is 3. The SMILES string of the molecule is O=C(O)CCCCC(CCc1ccc(OCc2ccccc2)cc1)Cc1ccc(C(=O)O)cc1. The third kappa shape index (κ3) is 8.74. The molecule has 3 aromatic rings. The highest BCUT2D eigenvalue weighted by Crippen LogP contribution is 2.23. The largest absolute Gasteiger partial charge is 0.489 e. The molecule has 0 aliphatic rings. The second kappa shape index (κ2) is 13.2. The van der Waals surface area contributed by atoms with Crippen LogP contribution in [-0.4, -0.2) is 22.2 Å². The quantitative estimate of drug-likeness (QED) is 0.272. The van der Waals surface area contributed by atoms with Gasteiger partial charge in [0.25, 0.3) is 0 Å². The first-order valence-corrected chi connectivity index (χ1v) is 11.8. The maximum Gasteiger partial charge on any atom is 0.335 e. The van der Waals surface area contributed by atoms with E-state index in [0.29, 0.717) is 18.9 Å². The number of aliphatic carboxylic acids is 1. The minimum atomic E-state index is -0.923. The average molecular weight is 461 g/mol. The summed E-state index contributed by atoms with van der Waals surface area (Å²) in [5.41, 5.74) is 3.77. The number of carboxylic acid groups (broad SMARTS) is 2. The second-order valence-electron chi connectivity index (χ2n) is 8.67. The lowest BCUT2D eigenvalue weighted by molar-refractivity contribution is -0.137. The molecule has 5 heteroatoms. The molecule has 0 amide bonds. The van der Waals surface area contributed by atoms with Crippen LogP contribution in [0, 0.1) is 5.92 Å². The Hall–Kier alpha value is -3.60. The van der Waals surface area contributed by atoms with Gasteiger partial charge in [0.2, 0.25) is 0 Å². The molecule has 0 spiro atoms. The van der Waals surface area contributed by atoms with Crippen LogP contribution in [0.15, 0.2) is 78.9 Å². The van der Waals surface area contributed by atoms with Crippen LogP contribution in [0.1, 0.15) is 59.2 Å². The summed E-state index contributed by atoms with van der Waals surface area (Å²) in [5, 5.41) is 18.0. The molecule has 0 saturated heterocycles. The van der Waals surface area contributed by atoms with Crippen molar-refractivity contribution in [1.82, 2.24) is 0 Å². The lowest BCUT2D eigenvalue weighted by Crippen LogP contribution is -2.08. The molecule has 1 unspecified atom stereocenters.